The van der Waals surface area contributed by atoms with Crippen molar-refractivity contribution >= 4 is 45.1 Å². The van der Waals surface area contributed by atoms with Crippen molar-refractivity contribution < 1.29 is 23.9 Å². The van der Waals surface area contributed by atoms with Gasteiger partial charge in [-0.15, -0.1) is 0 Å². The summed E-state index contributed by atoms with van der Waals surface area (Å²) in [6.45, 7) is 1.61. The summed E-state index contributed by atoms with van der Waals surface area (Å²) in [6.07, 6.45) is 4.68. The third-order valence-corrected chi connectivity index (χ3v) is 9.07. The number of hydrogen-bond donors (Lipinski definition) is 0. The zero-order valence-electron chi connectivity index (χ0n) is 21.7. The van der Waals surface area contributed by atoms with Crippen LogP contribution in [0.2, 0.25) is 5.02 Å². The molecule has 2 heterocycles. The van der Waals surface area contributed by atoms with Gasteiger partial charge in [0.2, 0.25) is 0 Å². The Morgan fingerprint density at radius 1 is 1.00 bits per heavy atom. The van der Waals surface area contributed by atoms with E-state index in [1.54, 1.807) is 30.1 Å². The molecule has 2 fully saturated rings. The number of Topliss-reactive ketones (excluding diaryl/α,β-unsaturated/α-hetero) is 1. The molecule has 0 spiro atoms. The molecule has 2 unspecified atom stereocenters. The Kier molecular flexibility index (Phi) is 8.00. The van der Waals surface area contributed by atoms with Crippen LogP contribution in [0.15, 0.2) is 34.8 Å². The average molecular weight is 604 g/mol. The smallest absolute Gasteiger partial charge is 0.312 e. The molecule has 202 valence electrons. The van der Waals surface area contributed by atoms with Crippen LogP contribution in [0, 0.1) is 11.8 Å². The number of carbonyl (C=O) groups is 3. The number of fused-ring (bicyclic) bond motifs is 1. The van der Waals surface area contributed by atoms with Crippen molar-refractivity contribution in [2.24, 2.45) is 11.8 Å². The maximum atomic E-state index is 13.3. The first-order valence-corrected chi connectivity index (χ1v) is 14.3. The Bertz CT molecular complexity index is 1260. The Hall–Kier alpha value is -2.58. The molecule has 0 saturated carbocycles. The summed E-state index contributed by atoms with van der Waals surface area (Å²) in [7, 11) is 3.17. The summed E-state index contributed by atoms with van der Waals surface area (Å²) in [4.78, 5) is 42.9. The zero-order valence-corrected chi connectivity index (χ0v) is 24.0. The molecule has 0 bridgehead atoms. The van der Waals surface area contributed by atoms with Crippen molar-refractivity contribution in [2.75, 3.05) is 33.9 Å². The van der Waals surface area contributed by atoms with E-state index in [9.17, 15) is 14.4 Å². The molecule has 2 aromatic carbocycles. The fraction of sp³-hybridized carbons (Fsp3) is 0.483. The SMILES string of the molecule is COc1cc2c(cc1OC)C(=O)C(CC1CCN(C(=O)C(=O)N3CCCC3c3ccc(Br)cc3Cl)CC1)C2. The predicted molar refractivity (Wildman–Crippen MR) is 148 cm³/mol. The molecular weight excluding hydrogens is 572 g/mol. The molecule has 7 nitrogen and oxygen atoms in total. The number of likely N-dealkylation sites (tertiary alicyclic amines) is 2. The highest BCUT2D eigenvalue weighted by atomic mass is 79.9. The molecular formula is C29H32BrClN2O5. The van der Waals surface area contributed by atoms with Gasteiger partial charge >= 0.3 is 11.8 Å². The van der Waals surface area contributed by atoms with Gasteiger partial charge in [0.25, 0.3) is 0 Å². The van der Waals surface area contributed by atoms with Crippen LogP contribution >= 0.6 is 27.5 Å². The lowest BCUT2D eigenvalue weighted by Gasteiger charge is -2.34. The highest BCUT2D eigenvalue weighted by Crippen LogP contribution is 2.40. The van der Waals surface area contributed by atoms with Gasteiger partial charge in [-0.3, -0.25) is 14.4 Å². The van der Waals surface area contributed by atoms with Gasteiger partial charge < -0.3 is 19.3 Å². The van der Waals surface area contributed by atoms with Gasteiger partial charge in [-0.2, -0.15) is 0 Å². The number of carbonyl (C=O) groups excluding carboxylic acids is 3. The number of methoxy groups -OCH3 is 2. The number of rotatable bonds is 5. The molecule has 1 aliphatic carbocycles. The average Bonchev–Trinajstić information content (AvgIpc) is 3.52. The number of ketones is 1. The van der Waals surface area contributed by atoms with E-state index in [1.165, 1.54) is 0 Å². The number of amides is 2. The van der Waals surface area contributed by atoms with Crippen molar-refractivity contribution in [1.29, 1.82) is 0 Å². The third kappa shape index (κ3) is 5.17. The molecule has 0 N–H and O–H groups in total. The minimum absolute atomic E-state index is 0.0725. The standard InChI is InChI=1S/C29H32BrClN2O5/c1-37-25-14-18-13-19(27(34)22(18)16-26(25)38-2)12-17-7-10-32(11-8-17)28(35)29(36)33-9-3-4-24(33)21-6-5-20(30)15-23(21)31/h5-6,14-17,19,24H,3-4,7-13H2,1-2H3. The van der Waals surface area contributed by atoms with Crippen LogP contribution in [0.25, 0.3) is 0 Å². The van der Waals surface area contributed by atoms with Crippen molar-refractivity contribution in [2.45, 2.75) is 44.6 Å². The van der Waals surface area contributed by atoms with E-state index < -0.39 is 11.8 Å². The molecule has 2 atom stereocenters. The van der Waals surface area contributed by atoms with Gasteiger partial charge in [-0.1, -0.05) is 33.6 Å². The Morgan fingerprint density at radius 2 is 1.71 bits per heavy atom. The number of piperidine rings is 1. The molecule has 2 aromatic rings. The van der Waals surface area contributed by atoms with E-state index in [4.69, 9.17) is 21.1 Å². The van der Waals surface area contributed by atoms with Crippen LogP contribution in [0.4, 0.5) is 0 Å². The van der Waals surface area contributed by atoms with Crippen LogP contribution in [-0.4, -0.2) is 61.3 Å². The first kappa shape index (κ1) is 27.0. The largest absolute Gasteiger partial charge is 0.493 e. The summed E-state index contributed by atoms with van der Waals surface area (Å²) >= 11 is 9.89. The second-order valence-corrected chi connectivity index (χ2v) is 11.7. The van der Waals surface area contributed by atoms with E-state index in [0.717, 1.165) is 53.3 Å². The van der Waals surface area contributed by atoms with Gasteiger partial charge in [-0.25, -0.2) is 0 Å². The number of halogens is 2. The molecule has 5 rings (SSSR count). The normalized spacial score (nSPS) is 21.5. The van der Waals surface area contributed by atoms with Gasteiger partial charge in [0, 0.05) is 40.6 Å². The van der Waals surface area contributed by atoms with E-state index in [-0.39, 0.29) is 17.7 Å². The maximum absolute atomic E-state index is 13.3. The first-order chi connectivity index (χ1) is 18.3. The summed E-state index contributed by atoms with van der Waals surface area (Å²) in [5.74, 6) is 0.736. The van der Waals surface area contributed by atoms with Crippen molar-refractivity contribution in [3.05, 3.63) is 56.5 Å². The van der Waals surface area contributed by atoms with E-state index in [0.29, 0.717) is 48.5 Å². The summed E-state index contributed by atoms with van der Waals surface area (Å²) in [5, 5.41) is 0.595. The molecule has 9 heteroatoms. The lowest BCUT2D eigenvalue weighted by atomic mass is 9.85. The highest BCUT2D eigenvalue weighted by Gasteiger charge is 2.39. The molecule has 0 aromatic heterocycles. The van der Waals surface area contributed by atoms with Gasteiger partial charge in [0.1, 0.15) is 0 Å². The van der Waals surface area contributed by atoms with Crippen LogP contribution in [0.5, 0.6) is 11.5 Å². The fourth-order valence-corrected chi connectivity index (χ4v) is 7.02. The number of benzene rings is 2. The minimum Gasteiger partial charge on any atom is -0.493 e. The minimum atomic E-state index is -0.450. The highest BCUT2D eigenvalue weighted by molar-refractivity contribution is 9.10. The number of nitrogens with zero attached hydrogens (tertiary/aromatic N) is 2. The van der Waals surface area contributed by atoms with Gasteiger partial charge in [0.05, 0.1) is 20.3 Å². The molecule has 2 aliphatic heterocycles. The Morgan fingerprint density at radius 3 is 2.39 bits per heavy atom. The van der Waals surface area contributed by atoms with Crippen LogP contribution in [-0.2, 0) is 16.0 Å². The van der Waals surface area contributed by atoms with Crippen LogP contribution in [0.1, 0.15) is 59.6 Å². The van der Waals surface area contributed by atoms with E-state index in [1.807, 2.05) is 24.3 Å². The third-order valence-electron chi connectivity index (χ3n) is 8.25. The first-order valence-electron chi connectivity index (χ1n) is 13.1. The van der Waals surface area contributed by atoms with Crippen LogP contribution < -0.4 is 9.47 Å². The monoisotopic (exact) mass is 602 g/mol. The number of ether oxygens (including phenoxy) is 2. The van der Waals surface area contributed by atoms with Crippen molar-refractivity contribution in [3.8, 4) is 11.5 Å². The molecule has 0 radical (unpaired) electrons. The summed E-state index contributed by atoms with van der Waals surface area (Å²) in [6, 6.07) is 9.17. The predicted octanol–water partition coefficient (Wildman–Crippen LogP) is 5.47. The van der Waals surface area contributed by atoms with E-state index in [2.05, 4.69) is 15.9 Å². The fourth-order valence-electron chi connectivity index (χ4n) is 6.22. The molecule has 2 amide bonds. The van der Waals surface area contributed by atoms with E-state index >= 15 is 0 Å². The maximum Gasteiger partial charge on any atom is 0.312 e. The molecule has 3 aliphatic rings. The summed E-state index contributed by atoms with van der Waals surface area (Å²) in [5.41, 5.74) is 2.60. The van der Waals surface area contributed by atoms with Gasteiger partial charge in [0.15, 0.2) is 17.3 Å². The van der Waals surface area contributed by atoms with Crippen molar-refractivity contribution in [1.82, 2.24) is 9.80 Å². The zero-order chi connectivity index (χ0) is 27.0. The molecule has 2 saturated heterocycles. The lowest BCUT2D eigenvalue weighted by molar-refractivity contribution is -0.153. The van der Waals surface area contributed by atoms with Crippen LogP contribution in [0.3, 0.4) is 0 Å². The Balaban J connectivity index is 1.17. The van der Waals surface area contributed by atoms with Crippen molar-refractivity contribution in [3.63, 3.8) is 0 Å². The topological polar surface area (TPSA) is 76.1 Å². The molecule has 38 heavy (non-hydrogen) atoms. The second kappa shape index (κ2) is 11.3. The Labute approximate surface area is 236 Å². The number of hydrogen-bond acceptors (Lipinski definition) is 5. The summed E-state index contributed by atoms with van der Waals surface area (Å²) < 4.78 is 11.7. The quantitative estimate of drug-likeness (QED) is 0.424. The lowest BCUT2D eigenvalue weighted by Crippen LogP contribution is -2.48. The second-order valence-electron chi connectivity index (χ2n) is 10.4. The van der Waals surface area contributed by atoms with Gasteiger partial charge in [-0.05, 0) is 79.8 Å².